The second-order valence-electron chi connectivity index (χ2n) is 8.70. The standard InChI is InChI=1S/C28H36N4O3/c1-3-5-7-9-11-21-12-16-23(17-13-21)31-32-25-27(33)29-26(30-28(25)34)22-14-18-24(19-15-22)35-20-10-8-6-4-2/h12-19H,3-11,20H2,1-2H3,(H2,29,30,33,34). The minimum Gasteiger partial charge on any atom is -0.494 e. The highest BCUT2D eigenvalue weighted by Gasteiger charge is 2.12. The van der Waals surface area contributed by atoms with Crippen molar-refractivity contribution in [2.24, 2.45) is 10.2 Å². The predicted molar refractivity (Wildman–Crippen MR) is 140 cm³/mol. The molecular weight excluding hydrogens is 440 g/mol. The maximum Gasteiger partial charge on any atom is 0.283 e. The van der Waals surface area contributed by atoms with Gasteiger partial charge in [-0.3, -0.25) is 4.79 Å². The van der Waals surface area contributed by atoms with Crippen LogP contribution < -0.4 is 10.3 Å². The lowest BCUT2D eigenvalue weighted by Gasteiger charge is -2.07. The molecule has 2 aromatic carbocycles. The Hall–Kier alpha value is -3.48. The summed E-state index contributed by atoms with van der Waals surface area (Å²) < 4.78 is 5.75. The van der Waals surface area contributed by atoms with E-state index in [4.69, 9.17) is 4.74 Å². The first-order valence-electron chi connectivity index (χ1n) is 12.7. The fraction of sp³-hybridized carbons (Fsp3) is 0.429. The number of aromatic amines is 1. The van der Waals surface area contributed by atoms with Crippen LogP contribution >= 0.6 is 0 Å². The van der Waals surface area contributed by atoms with E-state index in [1.165, 1.54) is 44.1 Å². The van der Waals surface area contributed by atoms with Crippen LogP contribution in [-0.2, 0) is 6.42 Å². The van der Waals surface area contributed by atoms with Gasteiger partial charge in [-0.25, -0.2) is 0 Å². The molecule has 3 aromatic rings. The molecule has 0 aliphatic rings. The van der Waals surface area contributed by atoms with Crippen molar-refractivity contribution in [2.45, 2.75) is 71.6 Å². The van der Waals surface area contributed by atoms with Crippen LogP contribution in [0.2, 0.25) is 0 Å². The van der Waals surface area contributed by atoms with Gasteiger partial charge in [0.15, 0.2) is 0 Å². The number of unbranched alkanes of at least 4 members (excludes halogenated alkanes) is 6. The normalized spacial score (nSPS) is 11.3. The molecule has 0 saturated carbocycles. The van der Waals surface area contributed by atoms with Crippen molar-refractivity contribution < 1.29 is 9.84 Å². The number of aryl methyl sites for hydroxylation is 1. The van der Waals surface area contributed by atoms with E-state index in [0.29, 0.717) is 17.9 Å². The summed E-state index contributed by atoms with van der Waals surface area (Å²) >= 11 is 0. The molecule has 0 aliphatic carbocycles. The van der Waals surface area contributed by atoms with Crippen molar-refractivity contribution >= 4 is 11.4 Å². The van der Waals surface area contributed by atoms with Crippen LogP contribution in [0.1, 0.15) is 70.8 Å². The third-order valence-corrected chi connectivity index (χ3v) is 5.79. The minimum atomic E-state index is -0.556. The van der Waals surface area contributed by atoms with E-state index in [-0.39, 0.29) is 11.5 Å². The monoisotopic (exact) mass is 476 g/mol. The summed E-state index contributed by atoms with van der Waals surface area (Å²) in [5.74, 6) is 0.555. The van der Waals surface area contributed by atoms with Gasteiger partial charge in [0.2, 0.25) is 11.6 Å². The van der Waals surface area contributed by atoms with Crippen LogP contribution in [0.5, 0.6) is 11.6 Å². The van der Waals surface area contributed by atoms with Crippen LogP contribution in [-0.4, -0.2) is 21.7 Å². The first-order valence-corrected chi connectivity index (χ1v) is 12.7. The molecule has 0 amide bonds. The molecule has 2 N–H and O–H groups in total. The van der Waals surface area contributed by atoms with E-state index < -0.39 is 11.4 Å². The number of rotatable bonds is 14. The number of aromatic hydroxyl groups is 1. The third kappa shape index (κ3) is 8.35. The van der Waals surface area contributed by atoms with E-state index in [1.807, 2.05) is 36.4 Å². The van der Waals surface area contributed by atoms with Crippen LogP contribution in [0.15, 0.2) is 63.6 Å². The van der Waals surface area contributed by atoms with E-state index in [9.17, 15) is 9.90 Å². The molecule has 7 nitrogen and oxygen atoms in total. The maximum absolute atomic E-state index is 12.5. The molecule has 0 radical (unpaired) electrons. The Morgan fingerprint density at radius 1 is 0.857 bits per heavy atom. The van der Waals surface area contributed by atoms with E-state index >= 15 is 0 Å². The number of nitrogens with zero attached hydrogens (tertiary/aromatic N) is 3. The van der Waals surface area contributed by atoms with E-state index in [2.05, 4.69) is 34.0 Å². The molecule has 0 aliphatic heterocycles. The van der Waals surface area contributed by atoms with Crippen molar-refractivity contribution in [1.82, 2.24) is 9.97 Å². The van der Waals surface area contributed by atoms with Crippen LogP contribution in [0.3, 0.4) is 0 Å². The molecule has 35 heavy (non-hydrogen) atoms. The summed E-state index contributed by atoms with van der Waals surface area (Å²) in [6.07, 6.45) is 10.5. The van der Waals surface area contributed by atoms with E-state index in [1.54, 1.807) is 12.1 Å². The molecule has 0 spiro atoms. The number of H-pyrrole nitrogens is 1. The molecule has 186 valence electrons. The van der Waals surface area contributed by atoms with Gasteiger partial charge in [0.1, 0.15) is 11.6 Å². The Bertz CT molecular complexity index is 1120. The summed E-state index contributed by atoms with van der Waals surface area (Å²) in [4.78, 5) is 19.3. The van der Waals surface area contributed by atoms with Crippen molar-refractivity contribution in [2.75, 3.05) is 6.61 Å². The topological polar surface area (TPSA) is 99.9 Å². The Morgan fingerprint density at radius 2 is 1.54 bits per heavy atom. The Morgan fingerprint density at radius 3 is 2.20 bits per heavy atom. The number of nitrogens with one attached hydrogen (secondary N) is 1. The zero-order valence-corrected chi connectivity index (χ0v) is 20.8. The maximum atomic E-state index is 12.5. The lowest BCUT2D eigenvalue weighted by atomic mass is 10.1. The fourth-order valence-corrected chi connectivity index (χ4v) is 3.70. The van der Waals surface area contributed by atoms with Crippen molar-refractivity contribution in [3.05, 3.63) is 64.4 Å². The number of hydrogen-bond acceptors (Lipinski definition) is 6. The molecule has 7 heteroatoms. The number of aromatic nitrogens is 2. The van der Waals surface area contributed by atoms with Crippen molar-refractivity contribution in [1.29, 1.82) is 0 Å². The Kier molecular flexibility index (Phi) is 10.5. The lowest BCUT2D eigenvalue weighted by molar-refractivity contribution is 0.305. The van der Waals surface area contributed by atoms with Gasteiger partial charge in [-0.15, -0.1) is 5.11 Å². The number of hydrogen-bond donors (Lipinski definition) is 2. The highest BCUT2D eigenvalue weighted by atomic mass is 16.5. The summed E-state index contributed by atoms with van der Waals surface area (Å²) in [6.45, 7) is 5.06. The van der Waals surface area contributed by atoms with Crippen molar-refractivity contribution in [3.63, 3.8) is 0 Å². The predicted octanol–water partition coefficient (Wildman–Crippen LogP) is 7.64. The third-order valence-electron chi connectivity index (χ3n) is 5.79. The second kappa shape index (κ2) is 14.0. The molecular formula is C28H36N4O3. The van der Waals surface area contributed by atoms with E-state index in [0.717, 1.165) is 25.0 Å². The van der Waals surface area contributed by atoms with Crippen LogP contribution in [0, 0.1) is 0 Å². The lowest BCUT2D eigenvalue weighted by Crippen LogP contribution is -2.08. The van der Waals surface area contributed by atoms with Gasteiger partial charge in [-0.05, 0) is 61.2 Å². The summed E-state index contributed by atoms with van der Waals surface area (Å²) in [5.41, 5.74) is 1.74. The number of benzene rings is 2. The van der Waals surface area contributed by atoms with Gasteiger partial charge in [0, 0.05) is 5.56 Å². The van der Waals surface area contributed by atoms with Gasteiger partial charge in [-0.1, -0.05) is 64.5 Å². The highest BCUT2D eigenvalue weighted by molar-refractivity contribution is 5.59. The molecule has 0 bridgehead atoms. The molecule has 0 fully saturated rings. The summed E-state index contributed by atoms with van der Waals surface area (Å²) in [5, 5.41) is 18.4. The second-order valence-corrected chi connectivity index (χ2v) is 8.70. The smallest absolute Gasteiger partial charge is 0.283 e. The Balaban J connectivity index is 1.61. The van der Waals surface area contributed by atoms with Crippen LogP contribution in [0.25, 0.3) is 11.4 Å². The molecule has 0 saturated heterocycles. The summed E-state index contributed by atoms with van der Waals surface area (Å²) in [7, 11) is 0. The van der Waals surface area contributed by atoms with Gasteiger partial charge < -0.3 is 14.8 Å². The van der Waals surface area contributed by atoms with Crippen LogP contribution in [0.4, 0.5) is 11.4 Å². The van der Waals surface area contributed by atoms with Gasteiger partial charge in [0.25, 0.3) is 5.56 Å². The zero-order chi connectivity index (χ0) is 24.9. The first kappa shape index (κ1) is 26.1. The number of azo groups is 1. The molecule has 1 heterocycles. The summed E-state index contributed by atoms with van der Waals surface area (Å²) in [6, 6.07) is 15.0. The minimum absolute atomic E-state index is 0.218. The largest absolute Gasteiger partial charge is 0.494 e. The highest BCUT2D eigenvalue weighted by Crippen LogP contribution is 2.26. The number of ether oxygens (including phenoxy) is 1. The van der Waals surface area contributed by atoms with Gasteiger partial charge >= 0.3 is 0 Å². The average molecular weight is 477 g/mol. The average Bonchev–Trinajstić information content (AvgIpc) is 2.87. The molecule has 3 rings (SSSR count). The van der Waals surface area contributed by atoms with Crippen molar-refractivity contribution in [3.8, 4) is 23.0 Å². The first-order chi connectivity index (χ1) is 17.1. The molecule has 0 unspecified atom stereocenters. The Labute approximate surface area is 207 Å². The SMILES string of the molecule is CCCCCCOc1ccc(-c2nc(O)c(N=Nc3ccc(CCCCCC)cc3)c(=O)[nH]2)cc1. The quantitative estimate of drug-likeness (QED) is 0.184. The molecule has 1 aromatic heterocycles. The zero-order valence-electron chi connectivity index (χ0n) is 20.8. The van der Waals surface area contributed by atoms with Gasteiger partial charge in [-0.2, -0.15) is 10.1 Å². The van der Waals surface area contributed by atoms with Gasteiger partial charge in [0.05, 0.1) is 12.3 Å². The fourth-order valence-electron chi connectivity index (χ4n) is 3.70. The molecule has 0 atom stereocenters.